The van der Waals surface area contributed by atoms with Crippen molar-refractivity contribution in [3.63, 3.8) is 0 Å². The predicted molar refractivity (Wildman–Crippen MR) is 77.5 cm³/mol. The van der Waals surface area contributed by atoms with E-state index in [2.05, 4.69) is 9.71 Å². The van der Waals surface area contributed by atoms with Crippen LogP contribution in [0, 0.1) is 0 Å². The summed E-state index contributed by atoms with van der Waals surface area (Å²) in [5, 5.41) is 0.0820. The Hall–Kier alpha value is -1.99. The van der Waals surface area contributed by atoms with Crippen LogP contribution in [0.5, 0.6) is 5.75 Å². The summed E-state index contributed by atoms with van der Waals surface area (Å²) in [5.41, 5.74) is 5.82. The van der Waals surface area contributed by atoms with Crippen LogP contribution < -0.4 is 15.2 Å². The number of nitrogens with one attached hydrogen (secondary N) is 1. The van der Waals surface area contributed by atoms with E-state index in [0.717, 1.165) is 6.20 Å². The van der Waals surface area contributed by atoms with Gasteiger partial charge in [0.1, 0.15) is 16.5 Å². The van der Waals surface area contributed by atoms with Crippen molar-refractivity contribution in [2.45, 2.75) is 4.90 Å². The minimum atomic E-state index is -3.79. The smallest absolute Gasteiger partial charge is 0.263 e. The van der Waals surface area contributed by atoms with Crippen LogP contribution in [0.15, 0.2) is 41.4 Å². The van der Waals surface area contributed by atoms with E-state index in [9.17, 15) is 8.42 Å². The van der Waals surface area contributed by atoms with Crippen molar-refractivity contribution in [3.8, 4) is 5.75 Å². The lowest BCUT2D eigenvalue weighted by molar-refractivity contribution is 0.415. The molecule has 0 bridgehead atoms. The maximum Gasteiger partial charge on any atom is 0.263 e. The number of sulfonamides is 1. The fourth-order valence-electron chi connectivity index (χ4n) is 1.48. The van der Waals surface area contributed by atoms with E-state index >= 15 is 0 Å². The van der Waals surface area contributed by atoms with Crippen molar-refractivity contribution in [3.05, 3.63) is 41.6 Å². The molecular weight excluding hydrogens is 302 g/mol. The average Bonchev–Trinajstić information content (AvgIpc) is 2.41. The summed E-state index contributed by atoms with van der Waals surface area (Å²) in [6.07, 6.45) is 1.14. The number of methoxy groups -OCH3 is 1. The van der Waals surface area contributed by atoms with E-state index in [-0.39, 0.29) is 15.7 Å². The summed E-state index contributed by atoms with van der Waals surface area (Å²) in [4.78, 5) is 3.65. The molecule has 3 N–H and O–H groups in total. The van der Waals surface area contributed by atoms with Crippen LogP contribution in [-0.2, 0) is 10.0 Å². The first-order valence-electron chi connectivity index (χ1n) is 5.50. The number of nitrogen functional groups attached to an aromatic ring is 1. The molecule has 0 radical (unpaired) electrons. The van der Waals surface area contributed by atoms with Crippen LogP contribution in [0.1, 0.15) is 0 Å². The molecule has 0 spiro atoms. The maximum atomic E-state index is 12.2. The fraction of sp³-hybridized carbons (Fsp3) is 0.0833. The molecule has 0 aliphatic rings. The summed E-state index contributed by atoms with van der Waals surface area (Å²) < 4.78 is 31.8. The van der Waals surface area contributed by atoms with Crippen LogP contribution >= 0.6 is 11.6 Å². The molecule has 6 nitrogen and oxygen atoms in total. The molecule has 0 atom stereocenters. The second kappa shape index (κ2) is 5.56. The van der Waals surface area contributed by atoms with Gasteiger partial charge in [-0.05, 0) is 18.2 Å². The Bertz CT molecular complexity index is 734. The molecule has 106 valence electrons. The monoisotopic (exact) mass is 313 g/mol. The van der Waals surface area contributed by atoms with Gasteiger partial charge in [-0.15, -0.1) is 0 Å². The first-order valence-corrected chi connectivity index (χ1v) is 7.36. The minimum Gasteiger partial charge on any atom is -0.497 e. The summed E-state index contributed by atoms with van der Waals surface area (Å²) in [7, 11) is -2.29. The standard InChI is InChI=1S/C12H12ClN3O3S/c1-19-9-4-2-3-8(5-9)16-20(17,18)10-6-11(13)12(14)15-7-10/h2-7,16H,1H3,(H2,14,15). The Morgan fingerprint density at radius 3 is 2.75 bits per heavy atom. The zero-order valence-electron chi connectivity index (χ0n) is 10.5. The van der Waals surface area contributed by atoms with E-state index in [1.165, 1.54) is 13.2 Å². The number of hydrogen-bond acceptors (Lipinski definition) is 5. The van der Waals surface area contributed by atoms with Gasteiger partial charge in [-0.1, -0.05) is 17.7 Å². The van der Waals surface area contributed by atoms with Crippen LogP contribution in [0.2, 0.25) is 5.02 Å². The Morgan fingerprint density at radius 2 is 2.10 bits per heavy atom. The SMILES string of the molecule is COc1cccc(NS(=O)(=O)c2cnc(N)c(Cl)c2)c1. The number of nitrogens with zero attached hydrogens (tertiary/aromatic N) is 1. The van der Waals surface area contributed by atoms with Crippen LogP contribution in [0.3, 0.4) is 0 Å². The van der Waals surface area contributed by atoms with Crippen molar-refractivity contribution in [2.24, 2.45) is 0 Å². The van der Waals surface area contributed by atoms with Gasteiger partial charge in [0.15, 0.2) is 0 Å². The number of ether oxygens (including phenoxy) is 1. The molecule has 1 aromatic heterocycles. The topological polar surface area (TPSA) is 94.3 Å². The third kappa shape index (κ3) is 3.12. The third-order valence-electron chi connectivity index (χ3n) is 2.48. The highest BCUT2D eigenvalue weighted by atomic mass is 35.5. The second-order valence-corrected chi connectivity index (χ2v) is 5.97. The lowest BCUT2D eigenvalue weighted by Crippen LogP contribution is -2.13. The third-order valence-corrected chi connectivity index (χ3v) is 4.13. The molecule has 0 aliphatic carbocycles. The lowest BCUT2D eigenvalue weighted by atomic mass is 10.3. The van der Waals surface area contributed by atoms with Gasteiger partial charge in [0.2, 0.25) is 0 Å². The molecule has 0 fully saturated rings. The van der Waals surface area contributed by atoms with Crippen LogP contribution in [0.4, 0.5) is 11.5 Å². The molecule has 20 heavy (non-hydrogen) atoms. The van der Waals surface area contributed by atoms with Crippen molar-refractivity contribution >= 4 is 33.1 Å². The van der Waals surface area contributed by atoms with Crippen LogP contribution in [-0.4, -0.2) is 20.5 Å². The van der Waals surface area contributed by atoms with Gasteiger partial charge >= 0.3 is 0 Å². The largest absolute Gasteiger partial charge is 0.497 e. The zero-order chi connectivity index (χ0) is 14.8. The number of rotatable bonds is 4. The highest BCUT2D eigenvalue weighted by molar-refractivity contribution is 7.92. The Morgan fingerprint density at radius 1 is 1.35 bits per heavy atom. The molecule has 0 amide bonds. The quantitative estimate of drug-likeness (QED) is 0.901. The number of anilines is 2. The van der Waals surface area contributed by atoms with Crippen molar-refractivity contribution < 1.29 is 13.2 Å². The molecule has 0 aliphatic heterocycles. The highest BCUT2D eigenvalue weighted by Gasteiger charge is 2.16. The Balaban J connectivity index is 2.32. The van der Waals surface area contributed by atoms with Crippen LogP contribution in [0.25, 0.3) is 0 Å². The van der Waals surface area contributed by atoms with E-state index in [4.69, 9.17) is 22.1 Å². The molecule has 2 rings (SSSR count). The maximum absolute atomic E-state index is 12.2. The highest BCUT2D eigenvalue weighted by Crippen LogP contribution is 2.23. The molecule has 2 aromatic rings. The van der Waals surface area contributed by atoms with Gasteiger partial charge < -0.3 is 10.5 Å². The number of benzene rings is 1. The first kappa shape index (κ1) is 14.4. The summed E-state index contributed by atoms with van der Waals surface area (Å²) in [6, 6.07) is 7.78. The predicted octanol–water partition coefficient (Wildman–Crippen LogP) is 2.13. The second-order valence-electron chi connectivity index (χ2n) is 3.88. The summed E-state index contributed by atoms with van der Waals surface area (Å²) in [5.74, 6) is 0.616. The number of aromatic nitrogens is 1. The average molecular weight is 314 g/mol. The zero-order valence-corrected chi connectivity index (χ0v) is 12.1. The number of pyridine rings is 1. The molecule has 1 heterocycles. The van der Waals surface area contributed by atoms with Crippen molar-refractivity contribution in [1.29, 1.82) is 0 Å². The minimum absolute atomic E-state index is 0.0699. The van der Waals surface area contributed by atoms with E-state index in [0.29, 0.717) is 11.4 Å². The van der Waals surface area contributed by atoms with Crippen molar-refractivity contribution in [2.75, 3.05) is 17.6 Å². The molecule has 0 saturated carbocycles. The molecule has 1 aromatic carbocycles. The van der Waals surface area contributed by atoms with E-state index < -0.39 is 10.0 Å². The molecule has 8 heteroatoms. The van der Waals surface area contributed by atoms with Gasteiger partial charge in [0.05, 0.1) is 17.8 Å². The van der Waals surface area contributed by atoms with Gasteiger partial charge in [-0.25, -0.2) is 13.4 Å². The van der Waals surface area contributed by atoms with Gasteiger partial charge in [-0.2, -0.15) is 0 Å². The van der Waals surface area contributed by atoms with Gasteiger partial charge in [-0.3, -0.25) is 4.72 Å². The molecular formula is C12H12ClN3O3S. The van der Waals surface area contributed by atoms with Crippen molar-refractivity contribution in [1.82, 2.24) is 4.98 Å². The summed E-state index contributed by atoms with van der Waals surface area (Å²) >= 11 is 5.77. The normalized spacial score (nSPS) is 11.1. The van der Waals surface area contributed by atoms with Gasteiger partial charge in [0, 0.05) is 12.3 Å². The molecule has 0 saturated heterocycles. The number of hydrogen-bond donors (Lipinski definition) is 2. The Labute approximate surface area is 121 Å². The Kier molecular flexibility index (Phi) is 4.01. The van der Waals surface area contributed by atoms with Gasteiger partial charge in [0.25, 0.3) is 10.0 Å². The summed E-state index contributed by atoms with van der Waals surface area (Å²) in [6.45, 7) is 0. The van der Waals surface area contributed by atoms with E-state index in [1.54, 1.807) is 24.3 Å². The number of halogens is 1. The molecule has 0 unspecified atom stereocenters. The first-order chi connectivity index (χ1) is 9.42. The lowest BCUT2D eigenvalue weighted by Gasteiger charge is -2.09. The fourth-order valence-corrected chi connectivity index (χ4v) is 2.73. The van der Waals surface area contributed by atoms with E-state index in [1.807, 2.05) is 0 Å². The number of nitrogens with two attached hydrogens (primary N) is 1.